The van der Waals surface area contributed by atoms with E-state index in [4.69, 9.17) is 0 Å². The Kier molecular flexibility index (Phi) is 1.15. The fourth-order valence-electron chi connectivity index (χ4n) is 1.33. The molecule has 0 aromatic heterocycles. The van der Waals surface area contributed by atoms with Gasteiger partial charge < -0.3 is 0 Å². The van der Waals surface area contributed by atoms with Gasteiger partial charge in [-0.15, -0.1) is 5.10 Å². The first kappa shape index (κ1) is 5.82. The third kappa shape index (κ3) is 0.738. The monoisotopic (exact) mass is 234 g/mol. The maximum Gasteiger partial charge on any atom is 0.105 e. The molecule has 2 aliphatic rings. The summed E-state index contributed by atoms with van der Waals surface area (Å²) in [5.41, 5.74) is 0. The minimum Gasteiger partial charge on any atom is -0.163 e. The zero-order valence-corrected chi connectivity index (χ0v) is 7.24. The predicted octanol–water partition coefficient (Wildman–Crippen LogP) is 1.70. The molecule has 1 heterocycles. The van der Waals surface area contributed by atoms with Crippen molar-refractivity contribution in [3.8, 4) is 0 Å². The third-order valence-corrected chi connectivity index (χ3v) is 3.05. The number of halogens is 1. The summed E-state index contributed by atoms with van der Waals surface area (Å²) in [4.78, 5) is 0. The average molecular weight is 234 g/mol. The first-order valence-electron chi connectivity index (χ1n) is 3.07. The van der Waals surface area contributed by atoms with E-state index in [1.807, 2.05) is 6.21 Å². The van der Waals surface area contributed by atoms with Gasteiger partial charge in [-0.25, -0.2) is 0 Å². The Balaban J connectivity index is 2.28. The molecule has 0 aromatic carbocycles. The molecule has 0 spiro atoms. The molecule has 1 saturated carbocycles. The highest BCUT2D eigenvalue weighted by Gasteiger charge is 2.49. The van der Waals surface area contributed by atoms with Gasteiger partial charge in [0, 0.05) is 18.1 Å². The van der Waals surface area contributed by atoms with E-state index in [2.05, 4.69) is 39.7 Å². The molecule has 2 rings (SSSR count). The van der Waals surface area contributed by atoms with E-state index in [1.165, 1.54) is 3.72 Å². The lowest BCUT2D eigenvalue weighted by atomic mass is 10.3. The summed E-state index contributed by atoms with van der Waals surface area (Å²) in [6.45, 7) is 2.25. The molecular formula is C6H7IN2. The Morgan fingerprint density at radius 2 is 2.44 bits per heavy atom. The van der Waals surface area contributed by atoms with Gasteiger partial charge in [-0.1, -0.05) is 6.92 Å². The van der Waals surface area contributed by atoms with Gasteiger partial charge >= 0.3 is 0 Å². The van der Waals surface area contributed by atoms with Gasteiger partial charge in [-0.05, 0) is 28.5 Å². The van der Waals surface area contributed by atoms with Crippen LogP contribution in [0.5, 0.6) is 0 Å². The largest absolute Gasteiger partial charge is 0.163 e. The molecular weight excluding hydrogens is 227 g/mol. The zero-order chi connectivity index (χ0) is 6.43. The van der Waals surface area contributed by atoms with E-state index in [1.54, 1.807) is 0 Å². The molecule has 1 aliphatic carbocycles. The van der Waals surface area contributed by atoms with Crippen molar-refractivity contribution >= 4 is 32.5 Å². The minimum absolute atomic E-state index is 0.717. The molecule has 0 amide bonds. The molecule has 2 nitrogen and oxygen atoms in total. The predicted molar refractivity (Wildman–Crippen MR) is 46.1 cm³/mol. The summed E-state index contributed by atoms with van der Waals surface area (Å²) < 4.78 is 1.19. The molecule has 0 bridgehead atoms. The normalized spacial score (nSPS) is 46.0. The van der Waals surface area contributed by atoms with Crippen LogP contribution in [0.2, 0.25) is 0 Å². The zero-order valence-electron chi connectivity index (χ0n) is 5.08. The van der Waals surface area contributed by atoms with Crippen LogP contribution in [0.25, 0.3) is 0 Å². The number of fused-ring (bicyclic) bond motifs is 1. The van der Waals surface area contributed by atoms with Crippen molar-refractivity contribution in [2.75, 3.05) is 0 Å². The van der Waals surface area contributed by atoms with Crippen molar-refractivity contribution in [3.05, 3.63) is 0 Å². The second-order valence-corrected chi connectivity index (χ2v) is 3.75. The van der Waals surface area contributed by atoms with Crippen molar-refractivity contribution in [1.29, 1.82) is 0 Å². The smallest absolute Gasteiger partial charge is 0.105 e. The van der Waals surface area contributed by atoms with Crippen molar-refractivity contribution < 1.29 is 0 Å². The second kappa shape index (κ2) is 1.78. The van der Waals surface area contributed by atoms with Crippen LogP contribution in [0.1, 0.15) is 6.92 Å². The number of rotatable bonds is 0. The van der Waals surface area contributed by atoms with Crippen LogP contribution >= 0.6 is 22.6 Å². The van der Waals surface area contributed by atoms with E-state index < -0.39 is 0 Å². The molecule has 48 valence electrons. The molecule has 0 N–H and O–H groups in total. The van der Waals surface area contributed by atoms with Gasteiger partial charge in [-0.3, -0.25) is 0 Å². The molecule has 1 aliphatic heterocycles. The van der Waals surface area contributed by atoms with Crippen LogP contribution in [0, 0.1) is 17.8 Å². The lowest BCUT2D eigenvalue weighted by Crippen LogP contribution is -1.96. The van der Waals surface area contributed by atoms with E-state index in [0.717, 1.165) is 17.8 Å². The van der Waals surface area contributed by atoms with Crippen LogP contribution in [0.3, 0.4) is 0 Å². The highest BCUT2D eigenvalue weighted by atomic mass is 127. The molecule has 3 heteroatoms. The Hall–Kier alpha value is 0.0700. The lowest BCUT2D eigenvalue weighted by molar-refractivity contribution is 0.917. The first-order valence-corrected chi connectivity index (χ1v) is 4.15. The highest BCUT2D eigenvalue weighted by molar-refractivity contribution is 14.1. The van der Waals surface area contributed by atoms with Gasteiger partial charge in [0.1, 0.15) is 3.72 Å². The molecule has 0 radical (unpaired) electrons. The number of hydrogen-bond donors (Lipinski definition) is 0. The van der Waals surface area contributed by atoms with Crippen LogP contribution in [-0.2, 0) is 0 Å². The van der Waals surface area contributed by atoms with E-state index in [-0.39, 0.29) is 0 Å². The van der Waals surface area contributed by atoms with Crippen LogP contribution in [-0.4, -0.2) is 9.93 Å². The minimum atomic E-state index is 0.717. The third-order valence-electron chi connectivity index (χ3n) is 2.11. The number of nitrogens with zero attached hydrogens (tertiary/aromatic N) is 2. The molecule has 0 saturated heterocycles. The topological polar surface area (TPSA) is 24.7 Å². The fourth-order valence-corrected chi connectivity index (χ4v) is 2.44. The SMILES string of the molecule is CC1C2C=NN=C(I)C12. The fraction of sp³-hybridized carbons (Fsp3) is 0.667. The standard InChI is InChI=1S/C6H7IN2/c1-3-4-2-8-9-6(7)5(3)4/h2-5H,1H3. The van der Waals surface area contributed by atoms with Crippen molar-refractivity contribution in [1.82, 2.24) is 0 Å². The first-order chi connectivity index (χ1) is 4.30. The molecule has 0 aromatic rings. The van der Waals surface area contributed by atoms with E-state index in [0.29, 0.717) is 0 Å². The Morgan fingerprint density at radius 3 is 3.00 bits per heavy atom. The maximum atomic E-state index is 3.98. The Morgan fingerprint density at radius 1 is 1.67 bits per heavy atom. The molecule has 1 fully saturated rings. The summed E-state index contributed by atoms with van der Waals surface area (Å²) in [5.74, 6) is 2.24. The van der Waals surface area contributed by atoms with Crippen LogP contribution in [0.4, 0.5) is 0 Å². The van der Waals surface area contributed by atoms with Crippen molar-refractivity contribution in [3.63, 3.8) is 0 Å². The molecule has 3 atom stereocenters. The van der Waals surface area contributed by atoms with E-state index >= 15 is 0 Å². The van der Waals surface area contributed by atoms with Gasteiger partial charge in [0.05, 0.1) is 0 Å². The van der Waals surface area contributed by atoms with Gasteiger partial charge in [0.25, 0.3) is 0 Å². The van der Waals surface area contributed by atoms with Crippen LogP contribution < -0.4 is 0 Å². The quantitative estimate of drug-likeness (QED) is 0.570. The van der Waals surface area contributed by atoms with Gasteiger partial charge in [-0.2, -0.15) is 5.10 Å². The summed E-state index contributed by atoms with van der Waals surface area (Å²) >= 11 is 2.28. The lowest BCUT2D eigenvalue weighted by Gasteiger charge is -1.94. The summed E-state index contributed by atoms with van der Waals surface area (Å²) in [6, 6.07) is 0. The Labute approximate surface area is 67.6 Å². The number of hydrogen-bond acceptors (Lipinski definition) is 2. The summed E-state index contributed by atoms with van der Waals surface area (Å²) in [7, 11) is 0. The second-order valence-electron chi connectivity index (χ2n) is 2.65. The van der Waals surface area contributed by atoms with Crippen molar-refractivity contribution in [2.45, 2.75) is 6.92 Å². The summed E-state index contributed by atoms with van der Waals surface area (Å²) in [5, 5.41) is 7.86. The highest BCUT2D eigenvalue weighted by Crippen LogP contribution is 2.48. The van der Waals surface area contributed by atoms with Gasteiger partial charge in [0.15, 0.2) is 0 Å². The molecule has 3 unspecified atom stereocenters. The van der Waals surface area contributed by atoms with E-state index in [9.17, 15) is 0 Å². The van der Waals surface area contributed by atoms with Crippen LogP contribution in [0.15, 0.2) is 10.2 Å². The Bertz CT molecular complexity index is 197. The maximum absolute atomic E-state index is 3.98. The summed E-state index contributed by atoms with van der Waals surface area (Å²) in [6.07, 6.45) is 1.97. The molecule has 9 heavy (non-hydrogen) atoms. The average Bonchev–Trinajstić information content (AvgIpc) is 2.45. The van der Waals surface area contributed by atoms with Gasteiger partial charge in [0.2, 0.25) is 0 Å². The van der Waals surface area contributed by atoms with Crippen molar-refractivity contribution in [2.24, 2.45) is 28.0 Å².